The molecule has 0 fully saturated rings. The van der Waals surface area contributed by atoms with Crippen molar-refractivity contribution in [1.29, 1.82) is 5.26 Å². The molecule has 0 bridgehead atoms. The smallest absolute Gasteiger partial charge is 0.341 e. The van der Waals surface area contributed by atoms with Gasteiger partial charge >= 0.3 is 5.97 Å². The van der Waals surface area contributed by atoms with Crippen molar-refractivity contribution in [2.45, 2.75) is 26.2 Å². The van der Waals surface area contributed by atoms with Crippen LogP contribution >= 0.6 is 0 Å². The number of nitriles is 1. The molecule has 0 heterocycles. The summed E-state index contributed by atoms with van der Waals surface area (Å²) < 4.78 is 56.8. The summed E-state index contributed by atoms with van der Waals surface area (Å²) in [5.74, 6) is -6.96. The van der Waals surface area contributed by atoms with E-state index in [4.69, 9.17) is 10.4 Å². The van der Waals surface area contributed by atoms with Crippen LogP contribution in [0.5, 0.6) is 0 Å². The lowest BCUT2D eigenvalue weighted by atomic mass is 9.92. The van der Waals surface area contributed by atoms with Crippen molar-refractivity contribution in [3.8, 4) is 17.2 Å². The van der Waals surface area contributed by atoms with E-state index in [1.807, 2.05) is 13.0 Å². The van der Waals surface area contributed by atoms with E-state index in [0.29, 0.717) is 6.42 Å². The van der Waals surface area contributed by atoms with Gasteiger partial charge in [-0.1, -0.05) is 19.1 Å². The van der Waals surface area contributed by atoms with Crippen LogP contribution in [0.15, 0.2) is 30.4 Å². The Bertz CT molecular complexity index is 938. The van der Waals surface area contributed by atoms with Crippen molar-refractivity contribution in [1.82, 2.24) is 0 Å². The van der Waals surface area contributed by atoms with Gasteiger partial charge in [0.25, 0.3) is 0 Å². The Balaban J connectivity index is 2.71. The van der Waals surface area contributed by atoms with E-state index in [2.05, 4.69) is 0 Å². The second-order valence-electron chi connectivity index (χ2n) is 5.73. The summed E-state index contributed by atoms with van der Waals surface area (Å²) in [6.45, 7) is 1.91. The molecule has 0 aliphatic heterocycles. The second kappa shape index (κ2) is 8.49. The van der Waals surface area contributed by atoms with Crippen LogP contribution in [0.2, 0.25) is 0 Å². The minimum absolute atomic E-state index is 0.0688. The fraction of sp³-hybridized carbons (Fsp3) is 0.200. The van der Waals surface area contributed by atoms with Crippen LogP contribution in [0.25, 0.3) is 11.1 Å². The maximum absolute atomic E-state index is 14.8. The Labute approximate surface area is 153 Å². The highest BCUT2D eigenvalue weighted by Crippen LogP contribution is 2.33. The van der Waals surface area contributed by atoms with Crippen molar-refractivity contribution in [2.24, 2.45) is 0 Å². The van der Waals surface area contributed by atoms with Gasteiger partial charge < -0.3 is 5.11 Å². The molecule has 0 unspecified atom stereocenters. The first-order valence-electron chi connectivity index (χ1n) is 8.10. The number of nitrogens with zero attached hydrogens (tertiary/aromatic N) is 1. The number of rotatable bonds is 6. The number of allylic oxidation sites excluding steroid dienone is 2. The Morgan fingerprint density at radius 3 is 2.26 bits per heavy atom. The van der Waals surface area contributed by atoms with E-state index in [1.165, 1.54) is 6.07 Å². The normalized spacial score (nSPS) is 11.0. The van der Waals surface area contributed by atoms with Crippen LogP contribution in [0.4, 0.5) is 17.6 Å². The molecule has 1 N–H and O–H groups in total. The number of hydrogen-bond acceptors (Lipinski definition) is 2. The number of halogens is 4. The van der Waals surface area contributed by atoms with Gasteiger partial charge in [-0.05, 0) is 48.6 Å². The molecule has 0 aromatic heterocycles. The number of carboxylic acids is 1. The number of benzene rings is 2. The lowest BCUT2D eigenvalue weighted by Gasteiger charge is -2.14. The molecule has 0 saturated carbocycles. The highest BCUT2D eigenvalue weighted by molar-refractivity contribution is 5.91. The van der Waals surface area contributed by atoms with Crippen LogP contribution < -0.4 is 0 Å². The number of carboxylic acid groups (broad SMARTS) is 1. The van der Waals surface area contributed by atoms with Gasteiger partial charge in [0, 0.05) is 5.56 Å². The topological polar surface area (TPSA) is 61.1 Å². The predicted octanol–water partition coefficient (Wildman–Crippen LogP) is 5.38. The monoisotopic (exact) mass is 377 g/mol. The molecule has 2 aromatic rings. The number of aromatic carboxylic acids is 1. The van der Waals surface area contributed by atoms with E-state index in [9.17, 15) is 22.4 Å². The van der Waals surface area contributed by atoms with Gasteiger partial charge in [-0.15, -0.1) is 0 Å². The van der Waals surface area contributed by atoms with Gasteiger partial charge in [0.15, 0.2) is 0 Å². The van der Waals surface area contributed by atoms with Crippen molar-refractivity contribution in [3.05, 3.63) is 70.3 Å². The molecule has 3 nitrogen and oxygen atoms in total. The van der Waals surface area contributed by atoms with Crippen LogP contribution in [-0.2, 0) is 6.42 Å². The average molecular weight is 377 g/mol. The Hall–Kier alpha value is -3.14. The molecule has 27 heavy (non-hydrogen) atoms. The van der Waals surface area contributed by atoms with E-state index < -0.39 is 45.9 Å². The standard InChI is InChI=1S/C20H15F4NO2/c1-2-3-4-5-6-11-7-16(23)18(20(26)27)19(24)17(11)12-8-14(21)13(10-25)15(22)9-12/h3-4,7-9H,2,5-6H2,1H3,(H,26,27)/b4-3+. The molecular formula is C20H15F4NO2. The molecule has 0 amide bonds. The van der Waals surface area contributed by atoms with E-state index in [1.54, 1.807) is 6.08 Å². The molecule has 2 rings (SSSR count). The molecule has 0 aliphatic rings. The Kier molecular flexibility index (Phi) is 6.35. The first-order valence-corrected chi connectivity index (χ1v) is 8.10. The molecule has 2 aromatic carbocycles. The third-order valence-corrected chi connectivity index (χ3v) is 3.94. The molecule has 0 atom stereocenters. The maximum atomic E-state index is 14.8. The summed E-state index contributed by atoms with van der Waals surface area (Å²) in [4.78, 5) is 11.2. The first kappa shape index (κ1) is 20.2. The zero-order chi connectivity index (χ0) is 20.1. The largest absolute Gasteiger partial charge is 0.477 e. The number of aryl methyl sites for hydroxylation is 1. The molecule has 0 aliphatic carbocycles. The third-order valence-electron chi connectivity index (χ3n) is 3.94. The molecular weight excluding hydrogens is 362 g/mol. The fourth-order valence-corrected chi connectivity index (χ4v) is 2.72. The summed E-state index contributed by atoms with van der Waals surface area (Å²) in [6.07, 6.45) is 4.92. The van der Waals surface area contributed by atoms with Gasteiger partial charge in [0.1, 0.15) is 40.5 Å². The summed E-state index contributed by atoms with van der Waals surface area (Å²) in [7, 11) is 0. The molecule has 0 radical (unpaired) electrons. The second-order valence-corrected chi connectivity index (χ2v) is 5.73. The van der Waals surface area contributed by atoms with Gasteiger partial charge in [-0.25, -0.2) is 22.4 Å². The summed E-state index contributed by atoms with van der Waals surface area (Å²) >= 11 is 0. The zero-order valence-electron chi connectivity index (χ0n) is 14.3. The summed E-state index contributed by atoms with van der Waals surface area (Å²) in [6, 6.07) is 3.67. The fourth-order valence-electron chi connectivity index (χ4n) is 2.72. The quantitative estimate of drug-likeness (QED) is 0.543. The van der Waals surface area contributed by atoms with Crippen LogP contribution in [0.1, 0.15) is 41.3 Å². The molecule has 0 spiro atoms. The SMILES string of the molecule is CC/C=C/CCc1cc(F)c(C(=O)O)c(F)c1-c1cc(F)c(C#N)c(F)c1. The minimum atomic E-state index is -1.83. The summed E-state index contributed by atoms with van der Waals surface area (Å²) in [5, 5.41) is 17.8. The van der Waals surface area contributed by atoms with Crippen molar-refractivity contribution < 1.29 is 27.5 Å². The van der Waals surface area contributed by atoms with Gasteiger partial charge in [-0.2, -0.15) is 5.26 Å². The highest BCUT2D eigenvalue weighted by atomic mass is 19.1. The Morgan fingerprint density at radius 2 is 1.74 bits per heavy atom. The first-order chi connectivity index (χ1) is 12.8. The number of hydrogen-bond donors (Lipinski definition) is 1. The number of carbonyl (C=O) groups is 1. The summed E-state index contributed by atoms with van der Waals surface area (Å²) in [5.41, 5.74) is -2.69. The van der Waals surface area contributed by atoms with E-state index >= 15 is 0 Å². The maximum Gasteiger partial charge on any atom is 0.341 e. The van der Waals surface area contributed by atoms with E-state index in [-0.39, 0.29) is 17.5 Å². The minimum Gasteiger partial charge on any atom is -0.477 e. The van der Waals surface area contributed by atoms with Gasteiger partial charge in [0.05, 0.1) is 0 Å². The lowest BCUT2D eigenvalue weighted by molar-refractivity contribution is 0.0686. The van der Waals surface area contributed by atoms with Crippen molar-refractivity contribution in [2.75, 3.05) is 0 Å². The molecule has 7 heteroatoms. The highest BCUT2D eigenvalue weighted by Gasteiger charge is 2.25. The Morgan fingerprint density at radius 1 is 1.11 bits per heavy atom. The van der Waals surface area contributed by atoms with Gasteiger partial charge in [0.2, 0.25) is 0 Å². The van der Waals surface area contributed by atoms with Crippen molar-refractivity contribution >= 4 is 5.97 Å². The van der Waals surface area contributed by atoms with Crippen LogP contribution in [0, 0.1) is 34.6 Å². The molecule has 0 saturated heterocycles. The lowest BCUT2D eigenvalue weighted by Crippen LogP contribution is -2.09. The average Bonchev–Trinajstić information content (AvgIpc) is 2.57. The third kappa shape index (κ3) is 4.17. The van der Waals surface area contributed by atoms with Crippen LogP contribution in [0.3, 0.4) is 0 Å². The predicted molar refractivity (Wildman–Crippen MR) is 91.1 cm³/mol. The van der Waals surface area contributed by atoms with E-state index in [0.717, 1.165) is 24.6 Å². The zero-order valence-corrected chi connectivity index (χ0v) is 14.3. The van der Waals surface area contributed by atoms with Crippen molar-refractivity contribution in [3.63, 3.8) is 0 Å². The van der Waals surface area contributed by atoms with Crippen LogP contribution in [-0.4, -0.2) is 11.1 Å². The van der Waals surface area contributed by atoms with Gasteiger partial charge in [-0.3, -0.25) is 0 Å². The molecule has 140 valence electrons.